The van der Waals surface area contributed by atoms with E-state index in [1.165, 1.54) is 0 Å². The van der Waals surface area contributed by atoms with Crippen LogP contribution in [0.3, 0.4) is 0 Å². The number of pyridine rings is 1. The highest BCUT2D eigenvalue weighted by Crippen LogP contribution is 2.37. The standard InChI is InChI=1S/C30H33N7O3/c1-18-11-21-13-26(32-18)24-15-31-35(2)29(24)40-17-20-4-3-19(12-20)16-37-27-14-22(36-9-7-23(38)8-10-36)5-6-25(27)33-30(37)34-28(21)39/h5-6,11,13-15,19-20H,3-4,7-10,12,16-17H2,1-2H3,(H,33,34,39)/t19-,20+/m1/s1. The largest absolute Gasteiger partial charge is 0.477 e. The zero-order valence-electron chi connectivity index (χ0n) is 22.9. The summed E-state index contributed by atoms with van der Waals surface area (Å²) in [5.41, 5.74) is 5.61. The Hall–Kier alpha value is -4.21. The van der Waals surface area contributed by atoms with Crippen molar-refractivity contribution in [3.05, 3.63) is 47.8 Å². The summed E-state index contributed by atoms with van der Waals surface area (Å²) in [5, 5.41) is 7.54. The second-order valence-corrected chi connectivity index (χ2v) is 11.4. The summed E-state index contributed by atoms with van der Waals surface area (Å²) >= 11 is 0. The summed E-state index contributed by atoms with van der Waals surface area (Å²) in [6.45, 7) is 4.73. The van der Waals surface area contributed by atoms with Gasteiger partial charge in [0, 0.05) is 56.5 Å². The van der Waals surface area contributed by atoms with E-state index in [-0.39, 0.29) is 5.91 Å². The number of ether oxygens (including phenoxy) is 1. The fraction of sp³-hybridized carbons (Fsp3) is 0.433. The number of hydrogen-bond acceptors (Lipinski definition) is 7. The van der Waals surface area contributed by atoms with Crippen molar-refractivity contribution in [2.75, 3.05) is 29.9 Å². The predicted octanol–water partition coefficient (Wildman–Crippen LogP) is 4.37. The number of carbonyl (C=O) groups excluding carboxylic acids is 2. The number of Topliss-reactive ketones (excluding diaryl/α,β-unsaturated/α-hetero) is 1. The Morgan fingerprint density at radius 3 is 2.70 bits per heavy atom. The van der Waals surface area contributed by atoms with Crippen molar-refractivity contribution in [2.24, 2.45) is 18.9 Å². The third-order valence-corrected chi connectivity index (χ3v) is 8.57. The Morgan fingerprint density at radius 1 is 1.02 bits per heavy atom. The summed E-state index contributed by atoms with van der Waals surface area (Å²) in [4.78, 5) is 37.3. The van der Waals surface area contributed by atoms with E-state index in [0.717, 1.165) is 66.9 Å². The number of amides is 1. The van der Waals surface area contributed by atoms with Crippen molar-refractivity contribution in [1.29, 1.82) is 0 Å². The Labute approximate surface area is 232 Å². The van der Waals surface area contributed by atoms with Gasteiger partial charge in [-0.15, -0.1) is 0 Å². The van der Waals surface area contributed by atoms with Crippen LogP contribution in [0.1, 0.15) is 48.2 Å². The van der Waals surface area contributed by atoms with Crippen molar-refractivity contribution in [2.45, 2.75) is 45.6 Å². The molecule has 0 spiro atoms. The van der Waals surface area contributed by atoms with E-state index < -0.39 is 0 Å². The first-order chi connectivity index (χ1) is 19.4. The van der Waals surface area contributed by atoms with Gasteiger partial charge in [0.25, 0.3) is 5.91 Å². The van der Waals surface area contributed by atoms with Gasteiger partial charge in [-0.3, -0.25) is 19.9 Å². The highest BCUT2D eigenvalue weighted by Gasteiger charge is 2.29. The van der Waals surface area contributed by atoms with Gasteiger partial charge in [-0.2, -0.15) is 5.10 Å². The third kappa shape index (κ3) is 4.51. The monoisotopic (exact) mass is 539 g/mol. The van der Waals surface area contributed by atoms with E-state index in [9.17, 15) is 9.59 Å². The van der Waals surface area contributed by atoms with Crippen LogP contribution >= 0.6 is 0 Å². The number of benzene rings is 1. The van der Waals surface area contributed by atoms with E-state index in [0.29, 0.717) is 60.2 Å². The fourth-order valence-corrected chi connectivity index (χ4v) is 6.44. The van der Waals surface area contributed by atoms with Crippen LogP contribution in [0.5, 0.6) is 5.88 Å². The van der Waals surface area contributed by atoms with Crippen LogP contribution in [-0.4, -0.2) is 55.7 Å². The van der Waals surface area contributed by atoms with Crippen molar-refractivity contribution in [3.63, 3.8) is 0 Å². The van der Waals surface area contributed by atoms with Crippen molar-refractivity contribution in [3.8, 4) is 17.1 Å². The number of ketones is 1. The zero-order valence-corrected chi connectivity index (χ0v) is 22.9. The maximum absolute atomic E-state index is 13.6. The molecule has 206 valence electrons. The van der Waals surface area contributed by atoms with E-state index in [1.807, 2.05) is 20.0 Å². The molecule has 10 heteroatoms. The van der Waals surface area contributed by atoms with Crippen LogP contribution < -0.4 is 15.0 Å². The number of hydrogen-bond donors (Lipinski definition) is 1. The highest BCUT2D eigenvalue weighted by atomic mass is 16.5. The number of nitrogens with one attached hydrogen (secondary N) is 1. The van der Waals surface area contributed by atoms with Gasteiger partial charge < -0.3 is 14.2 Å². The predicted molar refractivity (Wildman–Crippen MR) is 152 cm³/mol. The topological polar surface area (TPSA) is 107 Å². The molecule has 4 bridgehead atoms. The Balaban J connectivity index is 1.31. The minimum atomic E-state index is -0.233. The van der Waals surface area contributed by atoms with Crippen LogP contribution in [0.15, 0.2) is 36.5 Å². The van der Waals surface area contributed by atoms with Crippen LogP contribution in [-0.2, 0) is 18.4 Å². The summed E-state index contributed by atoms with van der Waals surface area (Å²) < 4.78 is 10.3. The number of aryl methyl sites for hydroxylation is 2. The van der Waals surface area contributed by atoms with Gasteiger partial charge in [0.15, 0.2) is 0 Å². The van der Waals surface area contributed by atoms with Crippen LogP contribution in [0.4, 0.5) is 11.6 Å². The highest BCUT2D eigenvalue weighted by molar-refractivity contribution is 6.05. The first-order valence-corrected chi connectivity index (χ1v) is 14.1. The first kappa shape index (κ1) is 24.8. The summed E-state index contributed by atoms with van der Waals surface area (Å²) in [6.07, 6.45) is 6.14. The molecule has 1 amide bonds. The number of aromatic nitrogens is 5. The second kappa shape index (κ2) is 9.76. The number of rotatable bonds is 1. The molecule has 0 unspecified atom stereocenters. The summed E-state index contributed by atoms with van der Waals surface area (Å²) in [7, 11) is 1.87. The minimum absolute atomic E-state index is 0.233. The van der Waals surface area contributed by atoms with Crippen molar-refractivity contribution in [1.82, 2.24) is 24.3 Å². The average Bonchev–Trinajstić information content (AvgIpc) is 3.64. The molecule has 2 aliphatic heterocycles. The molecule has 2 atom stereocenters. The number of imidazole rings is 1. The second-order valence-electron chi connectivity index (χ2n) is 11.4. The fourth-order valence-electron chi connectivity index (χ4n) is 6.44. The zero-order chi connectivity index (χ0) is 27.4. The van der Waals surface area contributed by atoms with Crippen LogP contribution in [0, 0.1) is 18.8 Å². The SMILES string of the molecule is Cc1cc2cc(n1)-c1cnn(C)c1OC[C@H]1CC[C@H](C1)Cn1c(nc3ccc(N4CCC(=O)CC4)cc31)NC2=O. The maximum atomic E-state index is 13.6. The Morgan fingerprint density at radius 2 is 1.85 bits per heavy atom. The lowest BCUT2D eigenvalue weighted by Gasteiger charge is -2.28. The molecule has 3 aliphatic rings. The van der Waals surface area contributed by atoms with E-state index >= 15 is 0 Å². The molecule has 10 nitrogen and oxygen atoms in total. The molecule has 7 rings (SSSR count). The molecule has 5 heterocycles. The summed E-state index contributed by atoms with van der Waals surface area (Å²) in [5.74, 6) is 2.20. The molecule has 1 aliphatic carbocycles. The molecule has 0 radical (unpaired) electrons. The number of nitrogens with zero attached hydrogens (tertiary/aromatic N) is 6. The normalized spacial score (nSPS) is 21.3. The molecule has 4 aromatic rings. The lowest BCUT2D eigenvalue weighted by Crippen LogP contribution is -2.33. The van der Waals surface area contributed by atoms with Gasteiger partial charge in [-0.1, -0.05) is 0 Å². The molecule has 3 aromatic heterocycles. The van der Waals surface area contributed by atoms with Gasteiger partial charge in [-0.25, -0.2) is 9.67 Å². The smallest absolute Gasteiger partial charge is 0.258 e. The van der Waals surface area contributed by atoms with Gasteiger partial charge in [0.1, 0.15) is 5.78 Å². The molecule has 1 aromatic carbocycles. The first-order valence-electron chi connectivity index (χ1n) is 14.1. The van der Waals surface area contributed by atoms with Gasteiger partial charge >= 0.3 is 0 Å². The molecule has 1 N–H and O–H groups in total. The third-order valence-electron chi connectivity index (χ3n) is 8.57. The van der Waals surface area contributed by atoms with Crippen LogP contribution in [0.2, 0.25) is 0 Å². The lowest BCUT2D eigenvalue weighted by molar-refractivity contribution is -0.119. The average molecular weight is 540 g/mol. The Bertz CT molecular complexity index is 1630. The van der Waals surface area contributed by atoms with Gasteiger partial charge in [-0.05, 0) is 68.4 Å². The molecule has 2 fully saturated rings. The number of piperidine rings is 1. The number of carbonyl (C=O) groups is 2. The molecular weight excluding hydrogens is 506 g/mol. The lowest BCUT2D eigenvalue weighted by atomic mass is 10.1. The van der Waals surface area contributed by atoms with Gasteiger partial charge in [0.2, 0.25) is 11.8 Å². The van der Waals surface area contributed by atoms with E-state index in [2.05, 4.69) is 32.0 Å². The van der Waals surface area contributed by atoms with Crippen molar-refractivity contribution < 1.29 is 14.3 Å². The summed E-state index contributed by atoms with van der Waals surface area (Å²) in [6, 6.07) is 9.84. The molecular formula is C30H33N7O3. The maximum Gasteiger partial charge on any atom is 0.258 e. The van der Waals surface area contributed by atoms with Crippen molar-refractivity contribution >= 4 is 34.4 Å². The molecule has 1 saturated heterocycles. The molecule has 1 saturated carbocycles. The van der Waals surface area contributed by atoms with Crippen LogP contribution in [0.25, 0.3) is 22.3 Å². The molecule has 40 heavy (non-hydrogen) atoms. The Kier molecular flexibility index (Phi) is 6.05. The van der Waals surface area contributed by atoms with E-state index in [4.69, 9.17) is 14.7 Å². The number of anilines is 2. The number of fused-ring (bicyclic) bond motifs is 9. The quantitative estimate of drug-likeness (QED) is 0.383. The minimum Gasteiger partial charge on any atom is -0.477 e. The van der Waals surface area contributed by atoms with Gasteiger partial charge in [0.05, 0.1) is 35.1 Å². The van der Waals surface area contributed by atoms with E-state index in [1.54, 1.807) is 23.0 Å².